The molecule has 90 valence electrons. The molecule has 0 unspecified atom stereocenters. The largest absolute Gasteiger partial charge is 0.476 e. The second-order valence-electron chi connectivity index (χ2n) is 3.99. The van der Waals surface area contributed by atoms with Gasteiger partial charge in [0.2, 0.25) is 5.89 Å². The number of nitrogens with zero attached hydrogens (tertiary/aromatic N) is 2. The SMILES string of the molecule is Cn1c(-c2nc(C(=O)O)co2)cc2ccccc21. The van der Waals surface area contributed by atoms with E-state index >= 15 is 0 Å². The van der Waals surface area contributed by atoms with E-state index in [0.717, 1.165) is 22.9 Å². The van der Waals surface area contributed by atoms with Gasteiger partial charge >= 0.3 is 5.97 Å². The maximum atomic E-state index is 10.8. The number of rotatable bonds is 2. The number of carboxylic acid groups (broad SMARTS) is 1. The molecule has 0 amide bonds. The molecule has 2 aromatic heterocycles. The minimum Gasteiger partial charge on any atom is -0.476 e. The molecule has 3 rings (SSSR count). The standard InChI is InChI=1S/C13H10N2O3/c1-15-10-5-3-2-4-8(10)6-11(15)12-14-9(7-18-12)13(16)17/h2-7H,1H3,(H,16,17). The maximum Gasteiger partial charge on any atom is 0.357 e. The first-order valence-electron chi connectivity index (χ1n) is 5.40. The fraction of sp³-hybridized carbons (Fsp3) is 0.0769. The summed E-state index contributed by atoms with van der Waals surface area (Å²) in [5.41, 5.74) is 1.71. The van der Waals surface area contributed by atoms with Crippen LogP contribution in [0.1, 0.15) is 10.5 Å². The second-order valence-corrected chi connectivity index (χ2v) is 3.99. The molecular formula is C13H10N2O3. The second kappa shape index (κ2) is 3.73. The van der Waals surface area contributed by atoms with Crippen LogP contribution >= 0.6 is 0 Å². The predicted molar refractivity (Wildman–Crippen MR) is 65.4 cm³/mol. The van der Waals surface area contributed by atoms with Gasteiger partial charge in [-0.25, -0.2) is 9.78 Å². The number of benzene rings is 1. The van der Waals surface area contributed by atoms with Gasteiger partial charge in [0.25, 0.3) is 0 Å². The molecule has 5 nitrogen and oxygen atoms in total. The molecule has 0 aliphatic rings. The molecular weight excluding hydrogens is 232 g/mol. The highest BCUT2D eigenvalue weighted by Gasteiger charge is 2.15. The molecule has 1 N–H and O–H groups in total. The molecule has 0 saturated carbocycles. The Bertz CT molecular complexity index is 740. The summed E-state index contributed by atoms with van der Waals surface area (Å²) in [4.78, 5) is 14.7. The van der Waals surface area contributed by atoms with Gasteiger partial charge in [0.1, 0.15) is 12.0 Å². The van der Waals surface area contributed by atoms with E-state index in [1.165, 1.54) is 0 Å². The summed E-state index contributed by atoms with van der Waals surface area (Å²) in [5.74, 6) is -0.783. The van der Waals surface area contributed by atoms with Gasteiger partial charge in [-0.3, -0.25) is 0 Å². The van der Waals surface area contributed by atoms with Crippen molar-refractivity contribution in [1.82, 2.24) is 9.55 Å². The van der Waals surface area contributed by atoms with Crippen LogP contribution < -0.4 is 0 Å². The maximum absolute atomic E-state index is 10.8. The Morgan fingerprint density at radius 3 is 2.83 bits per heavy atom. The fourth-order valence-corrected chi connectivity index (χ4v) is 1.98. The van der Waals surface area contributed by atoms with Crippen molar-refractivity contribution >= 4 is 16.9 Å². The number of oxazole rings is 1. The van der Waals surface area contributed by atoms with Crippen molar-refractivity contribution in [1.29, 1.82) is 0 Å². The molecule has 0 spiro atoms. The third-order valence-electron chi connectivity index (χ3n) is 2.89. The molecule has 0 aliphatic carbocycles. The highest BCUT2D eigenvalue weighted by molar-refractivity contribution is 5.87. The normalized spacial score (nSPS) is 10.9. The molecule has 3 aromatic rings. The molecule has 0 aliphatic heterocycles. The molecule has 1 aromatic carbocycles. The number of para-hydroxylation sites is 1. The first-order chi connectivity index (χ1) is 8.66. The summed E-state index contributed by atoms with van der Waals surface area (Å²) in [6.45, 7) is 0. The lowest BCUT2D eigenvalue weighted by Crippen LogP contribution is -1.96. The zero-order chi connectivity index (χ0) is 12.7. The van der Waals surface area contributed by atoms with Gasteiger partial charge in [-0.1, -0.05) is 18.2 Å². The number of aryl methyl sites for hydroxylation is 1. The smallest absolute Gasteiger partial charge is 0.357 e. The van der Waals surface area contributed by atoms with E-state index in [-0.39, 0.29) is 5.69 Å². The monoisotopic (exact) mass is 242 g/mol. The number of aromatic carboxylic acids is 1. The summed E-state index contributed by atoms with van der Waals surface area (Å²) in [5, 5.41) is 9.89. The van der Waals surface area contributed by atoms with Crippen LogP contribution in [0.3, 0.4) is 0 Å². The third-order valence-corrected chi connectivity index (χ3v) is 2.89. The Morgan fingerprint density at radius 1 is 1.39 bits per heavy atom. The van der Waals surface area contributed by atoms with Crippen molar-refractivity contribution in [2.24, 2.45) is 7.05 Å². The van der Waals surface area contributed by atoms with E-state index in [0.29, 0.717) is 5.89 Å². The molecule has 0 saturated heterocycles. The van der Waals surface area contributed by atoms with E-state index in [1.54, 1.807) is 0 Å². The van der Waals surface area contributed by atoms with Gasteiger partial charge in [-0.05, 0) is 12.1 Å². The summed E-state index contributed by atoms with van der Waals surface area (Å²) < 4.78 is 7.13. The average Bonchev–Trinajstić information content (AvgIpc) is 2.95. The lowest BCUT2D eigenvalue weighted by atomic mass is 10.2. The zero-order valence-electron chi connectivity index (χ0n) is 9.62. The van der Waals surface area contributed by atoms with Crippen LogP contribution in [0.2, 0.25) is 0 Å². The minimum atomic E-state index is -1.09. The lowest BCUT2D eigenvalue weighted by molar-refractivity contribution is 0.0690. The Labute approximate surface area is 102 Å². The van der Waals surface area contributed by atoms with Crippen LogP contribution in [0.25, 0.3) is 22.5 Å². The first kappa shape index (κ1) is 10.6. The molecule has 2 heterocycles. The first-order valence-corrected chi connectivity index (χ1v) is 5.40. The lowest BCUT2D eigenvalue weighted by Gasteiger charge is -1.99. The van der Waals surface area contributed by atoms with Gasteiger partial charge in [0.05, 0.1) is 0 Å². The van der Waals surface area contributed by atoms with E-state index in [9.17, 15) is 4.79 Å². The summed E-state index contributed by atoms with van der Waals surface area (Å²) in [6, 6.07) is 9.79. The number of aromatic nitrogens is 2. The van der Waals surface area contributed by atoms with E-state index in [2.05, 4.69) is 4.98 Å². The fourth-order valence-electron chi connectivity index (χ4n) is 1.98. The predicted octanol–water partition coefficient (Wildman–Crippen LogP) is 2.53. The Morgan fingerprint density at radius 2 is 2.17 bits per heavy atom. The van der Waals surface area contributed by atoms with Crippen LogP contribution in [-0.4, -0.2) is 20.6 Å². The van der Waals surface area contributed by atoms with Crippen LogP contribution in [0.5, 0.6) is 0 Å². The van der Waals surface area contributed by atoms with Crippen LogP contribution in [0, 0.1) is 0 Å². The van der Waals surface area contributed by atoms with Gasteiger partial charge in [-0.2, -0.15) is 0 Å². The van der Waals surface area contributed by atoms with Crippen LogP contribution in [0.15, 0.2) is 41.0 Å². The summed E-state index contributed by atoms with van der Waals surface area (Å²) >= 11 is 0. The molecule has 0 atom stereocenters. The summed E-state index contributed by atoms with van der Waals surface area (Å²) in [7, 11) is 1.89. The van der Waals surface area contributed by atoms with Gasteiger partial charge in [0.15, 0.2) is 5.69 Å². The zero-order valence-corrected chi connectivity index (χ0v) is 9.62. The van der Waals surface area contributed by atoms with E-state index < -0.39 is 5.97 Å². The van der Waals surface area contributed by atoms with E-state index in [1.807, 2.05) is 41.9 Å². The Kier molecular flexibility index (Phi) is 2.19. The number of hydrogen-bond acceptors (Lipinski definition) is 3. The van der Waals surface area contributed by atoms with Crippen LogP contribution in [0.4, 0.5) is 0 Å². The number of hydrogen-bond donors (Lipinski definition) is 1. The topological polar surface area (TPSA) is 68.3 Å². The van der Waals surface area contributed by atoms with Gasteiger partial charge < -0.3 is 14.1 Å². The average molecular weight is 242 g/mol. The van der Waals surface area contributed by atoms with Crippen molar-refractivity contribution in [3.63, 3.8) is 0 Å². The van der Waals surface area contributed by atoms with Crippen LogP contribution in [-0.2, 0) is 7.05 Å². The molecule has 0 bridgehead atoms. The van der Waals surface area contributed by atoms with Crippen molar-refractivity contribution in [2.75, 3.05) is 0 Å². The highest BCUT2D eigenvalue weighted by Crippen LogP contribution is 2.26. The Hall–Kier alpha value is -2.56. The number of carbonyl (C=O) groups is 1. The molecule has 0 radical (unpaired) electrons. The van der Waals surface area contributed by atoms with Crippen molar-refractivity contribution < 1.29 is 14.3 Å². The van der Waals surface area contributed by atoms with E-state index in [4.69, 9.17) is 9.52 Å². The number of fused-ring (bicyclic) bond motifs is 1. The third kappa shape index (κ3) is 1.48. The van der Waals surface area contributed by atoms with Crippen molar-refractivity contribution in [3.05, 3.63) is 42.3 Å². The van der Waals surface area contributed by atoms with Crippen molar-refractivity contribution in [3.8, 4) is 11.6 Å². The highest BCUT2D eigenvalue weighted by atomic mass is 16.4. The number of carboxylic acids is 1. The molecule has 0 fully saturated rings. The molecule has 18 heavy (non-hydrogen) atoms. The minimum absolute atomic E-state index is 0.0877. The van der Waals surface area contributed by atoms with Gasteiger partial charge in [0, 0.05) is 18.0 Å². The van der Waals surface area contributed by atoms with Crippen molar-refractivity contribution in [2.45, 2.75) is 0 Å². The van der Waals surface area contributed by atoms with Gasteiger partial charge in [-0.15, -0.1) is 0 Å². The summed E-state index contributed by atoms with van der Waals surface area (Å²) in [6.07, 6.45) is 1.15. The Balaban J connectivity index is 2.18. The molecule has 5 heteroatoms. The quantitative estimate of drug-likeness (QED) is 0.749.